The van der Waals surface area contributed by atoms with Gasteiger partial charge in [0, 0.05) is 17.1 Å². The van der Waals surface area contributed by atoms with Crippen molar-refractivity contribution in [2.24, 2.45) is 0 Å². The Morgan fingerprint density at radius 2 is 1.85 bits per heavy atom. The average Bonchev–Trinajstić information content (AvgIpc) is 3.23. The Morgan fingerprint density at radius 3 is 2.45 bits per heavy atom. The predicted octanol–water partition coefficient (Wildman–Crippen LogP) is 3.49. The molecule has 0 spiro atoms. The standard InChI is InChI=1S/C23H26ClN5O4/c1-23(2,3)33-22(32)26-20(12-15-6-4-5-7-19(15)24)21(31)25-16-8-10-18(11-9-16)29-13-17(14-30)27-28-29/h4-11,13,20,30H,12,14H2,1-3H3,(H,25,31)(H,26,32)/t20-/m0/s1. The van der Waals surface area contributed by atoms with Gasteiger partial charge in [-0.05, 0) is 56.7 Å². The van der Waals surface area contributed by atoms with Gasteiger partial charge in [-0.2, -0.15) is 0 Å². The van der Waals surface area contributed by atoms with Gasteiger partial charge in [0.25, 0.3) is 0 Å². The monoisotopic (exact) mass is 471 g/mol. The highest BCUT2D eigenvalue weighted by Crippen LogP contribution is 2.19. The van der Waals surface area contributed by atoms with E-state index in [4.69, 9.17) is 21.4 Å². The molecule has 2 amide bonds. The van der Waals surface area contributed by atoms with Gasteiger partial charge < -0.3 is 20.5 Å². The molecule has 33 heavy (non-hydrogen) atoms. The number of benzene rings is 2. The van der Waals surface area contributed by atoms with Gasteiger partial charge in [0.1, 0.15) is 17.3 Å². The van der Waals surface area contributed by atoms with Gasteiger partial charge in [-0.15, -0.1) is 5.10 Å². The highest BCUT2D eigenvalue weighted by atomic mass is 35.5. The van der Waals surface area contributed by atoms with Crippen LogP contribution in [-0.4, -0.2) is 43.7 Å². The van der Waals surface area contributed by atoms with Gasteiger partial charge in [0.05, 0.1) is 18.5 Å². The van der Waals surface area contributed by atoms with Crippen LogP contribution in [0.25, 0.3) is 5.69 Å². The Balaban J connectivity index is 1.74. The summed E-state index contributed by atoms with van der Waals surface area (Å²) >= 11 is 6.26. The zero-order valence-corrected chi connectivity index (χ0v) is 19.3. The second-order valence-electron chi connectivity index (χ2n) is 8.34. The number of halogens is 1. The molecule has 174 valence electrons. The topological polar surface area (TPSA) is 118 Å². The summed E-state index contributed by atoms with van der Waals surface area (Å²) in [7, 11) is 0. The van der Waals surface area contributed by atoms with Crippen molar-refractivity contribution in [2.45, 2.75) is 45.4 Å². The zero-order chi connectivity index (χ0) is 24.0. The van der Waals surface area contributed by atoms with Crippen LogP contribution in [0.5, 0.6) is 0 Å². The van der Waals surface area contributed by atoms with Gasteiger partial charge in [0.15, 0.2) is 0 Å². The maximum atomic E-state index is 13.0. The Kier molecular flexibility index (Phi) is 7.67. The highest BCUT2D eigenvalue weighted by Gasteiger charge is 2.25. The molecule has 2 aromatic carbocycles. The fraction of sp³-hybridized carbons (Fsp3) is 0.304. The molecular weight excluding hydrogens is 446 g/mol. The Labute approximate surface area is 196 Å². The number of amides is 2. The van der Waals surface area contributed by atoms with Gasteiger partial charge in [-0.3, -0.25) is 4.79 Å². The number of alkyl carbamates (subject to hydrolysis) is 1. The average molecular weight is 472 g/mol. The largest absolute Gasteiger partial charge is 0.444 e. The second-order valence-corrected chi connectivity index (χ2v) is 8.75. The number of aliphatic hydroxyl groups excluding tert-OH is 1. The number of aliphatic hydroxyl groups is 1. The summed E-state index contributed by atoms with van der Waals surface area (Å²) in [5.74, 6) is -0.420. The van der Waals surface area contributed by atoms with Crippen LogP contribution in [0, 0.1) is 0 Å². The van der Waals surface area contributed by atoms with Crippen LogP contribution >= 0.6 is 11.6 Å². The number of ether oxygens (including phenoxy) is 1. The minimum absolute atomic E-state index is 0.186. The Morgan fingerprint density at radius 1 is 1.15 bits per heavy atom. The third-order valence-electron chi connectivity index (χ3n) is 4.49. The van der Waals surface area contributed by atoms with Gasteiger partial charge in [-0.1, -0.05) is 35.0 Å². The molecule has 0 aliphatic carbocycles. The number of hydrogen-bond acceptors (Lipinski definition) is 6. The lowest BCUT2D eigenvalue weighted by Gasteiger charge is -2.23. The van der Waals surface area contributed by atoms with E-state index in [1.165, 1.54) is 4.68 Å². The van der Waals surface area contributed by atoms with E-state index in [-0.39, 0.29) is 13.0 Å². The van der Waals surface area contributed by atoms with E-state index in [1.54, 1.807) is 69.4 Å². The van der Waals surface area contributed by atoms with Crippen LogP contribution in [0.1, 0.15) is 32.0 Å². The van der Waals surface area contributed by atoms with Gasteiger partial charge >= 0.3 is 6.09 Å². The molecule has 3 N–H and O–H groups in total. The van der Waals surface area contributed by atoms with Crippen molar-refractivity contribution in [3.63, 3.8) is 0 Å². The van der Waals surface area contributed by atoms with Crippen LogP contribution < -0.4 is 10.6 Å². The van der Waals surface area contributed by atoms with Crippen LogP contribution in [0.15, 0.2) is 54.7 Å². The van der Waals surface area contributed by atoms with E-state index in [2.05, 4.69) is 20.9 Å². The fourth-order valence-electron chi connectivity index (χ4n) is 2.97. The maximum absolute atomic E-state index is 13.0. The number of hydrogen-bond donors (Lipinski definition) is 3. The maximum Gasteiger partial charge on any atom is 0.408 e. The van der Waals surface area contributed by atoms with E-state index >= 15 is 0 Å². The number of anilines is 1. The molecule has 9 nitrogen and oxygen atoms in total. The van der Waals surface area contributed by atoms with E-state index in [0.717, 1.165) is 5.56 Å². The first-order valence-corrected chi connectivity index (χ1v) is 10.7. The van der Waals surface area contributed by atoms with Gasteiger partial charge in [-0.25, -0.2) is 9.48 Å². The van der Waals surface area contributed by atoms with Crippen LogP contribution in [0.2, 0.25) is 5.02 Å². The fourth-order valence-corrected chi connectivity index (χ4v) is 3.18. The molecule has 0 aliphatic rings. The molecule has 0 bridgehead atoms. The van der Waals surface area contributed by atoms with Crippen molar-refractivity contribution >= 4 is 29.3 Å². The van der Waals surface area contributed by atoms with Crippen molar-refractivity contribution in [3.8, 4) is 5.69 Å². The van der Waals surface area contributed by atoms with Crippen molar-refractivity contribution in [1.82, 2.24) is 20.3 Å². The number of aromatic nitrogens is 3. The van der Waals surface area contributed by atoms with E-state index in [0.29, 0.717) is 22.1 Å². The molecule has 0 unspecified atom stereocenters. The summed E-state index contributed by atoms with van der Waals surface area (Å²) in [5.41, 5.74) is 1.70. The number of carbonyl (C=O) groups excluding carboxylic acids is 2. The molecule has 1 heterocycles. The molecule has 0 fully saturated rings. The lowest BCUT2D eigenvalue weighted by atomic mass is 10.0. The first-order valence-electron chi connectivity index (χ1n) is 10.3. The Hall–Kier alpha value is -3.43. The summed E-state index contributed by atoms with van der Waals surface area (Å²) in [6.45, 7) is 5.04. The van der Waals surface area contributed by atoms with Crippen LogP contribution in [0.4, 0.5) is 10.5 Å². The number of nitrogens with zero attached hydrogens (tertiary/aromatic N) is 3. The molecule has 3 aromatic rings. The molecule has 0 saturated carbocycles. The summed E-state index contributed by atoms with van der Waals surface area (Å²) in [6.07, 6.45) is 1.10. The van der Waals surface area contributed by atoms with Crippen molar-refractivity contribution < 1.29 is 19.4 Å². The number of carbonyl (C=O) groups is 2. The highest BCUT2D eigenvalue weighted by molar-refractivity contribution is 6.31. The summed E-state index contributed by atoms with van der Waals surface area (Å²) in [6, 6.07) is 13.1. The molecule has 3 rings (SSSR count). The lowest BCUT2D eigenvalue weighted by Crippen LogP contribution is -2.47. The summed E-state index contributed by atoms with van der Waals surface area (Å²) < 4.78 is 6.83. The minimum atomic E-state index is -0.915. The first kappa shape index (κ1) is 24.2. The normalized spacial score (nSPS) is 12.2. The number of rotatable bonds is 7. The summed E-state index contributed by atoms with van der Waals surface area (Å²) in [5, 5.41) is 22.8. The SMILES string of the molecule is CC(C)(C)OC(=O)N[C@@H](Cc1ccccc1Cl)C(=O)Nc1ccc(-n2cc(CO)nn2)cc1. The molecule has 1 atom stereocenters. The smallest absolute Gasteiger partial charge is 0.408 e. The third kappa shape index (κ3) is 7.03. The summed E-state index contributed by atoms with van der Waals surface area (Å²) in [4.78, 5) is 25.4. The first-order chi connectivity index (χ1) is 15.6. The molecule has 0 saturated heterocycles. The zero-order valence-electron chi connectivity index (χ0n) is 18.6. The van der Waals surface area contributed by atoms with Crippen molar-refractivity contribution in [2.75, 3.05) is 5.32 Å². The van der Waals surface area contributed by atoms with Crippen LogP contribution in [-0.2, 0) is 22.6 Å². The van der Waals surface area contributed by atoms with Crippen molar-refractivity contribution in [1.29, 1.82) is 0 Å². The Bertz CT molecular complexity index is 1110. The quantitative estimate of drug-likeness (QED) is 0.485. The molecule has 1 aromatic heterocycles. The van der Waals surface area contributed by atoms with E-state index in [1.807, 2.05) is 6.07 Å². The van der Waals surface area contributed by atoms with E-state index < -0.39 is 23.6 Å². The van der Waals surface area contributed by atoms with Crippen molar-refractivity contribution in [3.05, 3.63) is 71.0 Å². The van der Waals surface area contributed by atoms with Crippen LogP contribution in [0.3, 0.4) is 0 Å². The molecule has 10 heteroatoms. The number of nitrogens with one attached hydrogen (secondary N) is 2. The second kappa shape index (κ2) is 10.5. The molecular formula is C23H26ClN5O4. The lowest BCUT2D eigenvalue weighted by molar-refractivity contribution is -0.118. The minimum Gasteiger partial charge on any atom is -0.444 e. The molecule has 0 aliphatic heterocycles. The predicted molar refractivity (Wildman–Crippen MR) is 124 cm³/mol. The van der Waals surface area contributed by atoms with E-state index in [9.17, 15) is 9.59 Å². The molecule has 0 radical (unpaired) electrons. The van der Waals surface area contributed by atoms with Gasteiger partial charge in [0.2, 0.25) is 5.91 Å². The third-order valence-corrected chi connectivity index (χ3v) is 4.86.